The van der Waals surface area contributed by atoms with Crippen LogP contribution in [0, 0.1) is 6.92 Å². The zero-order valence-electron chi connectivity index (χ0n) is 14.1. The van der Waals surface area contributed by atoms with E-state index in [0.717, 1.165) is 21.6 Å². The average molecular weight is 336 g/mol. The van der Waals surface area contributed by atoms with Crippen LogP contribution in [0.15, 0.2) is 65.7 Å². The molecule has 24 heavy (non-hydrogen) atoms. The fourth-order valence-electron chi connectivity index (χ4n) is 2.66. The summed E-state index contributed by atoms with van der Waals surface area (Å²) in [4.78, 5) is 19.1. The van der Waals surface area contributed by atoms with Gasteiger partial charge in [0.1, 0.15) is 0 Å². The number of para-hydroxylation sites is 2. The summed E-state index contributed by atoms with van der Waals surface area (Å²) in [5.41, 5.74) is 3.05. The van der Waals surface area contributed by atoms with Crippen LogP contribution in [-0.4, -0.2) is 23.2 Å². The van der Waals surface area contributed by atoms with Gasteiger partial charge in [-0.05, 0) is 43.7 Å². The number of nitrogens with zero attached hydrogens (tertiary/aromatic N) is 2. The van der Waals surface area contributed by atoms with Crippen LogP contribution in [0.1, 0.15) is 12.5 Å². The summed E-state index contributed by atoms with van der Waals surface area (Å²) in [5.74, 6) is 0.0683. The van der Waals surface area contributed by atoms with E-state index in [1.165, 1.54) is 17.3 Å². The van der Waals surface area contributed by atoms with Crippen LogP contribution in [0.3, 0.4) is 0 Å². The number of rotatable bonds is 4. The van der Waals surface area contributed by atoms with Crippen LogP contribution < -0.4 is 4.90 Å². The maximum Gasteiger partial charge on any atom is 0.239 e. The molecule has 4 heteroatoms. The topological polar surface area (TPSA) is 33.2 Å². The molecule has 3 nitrogen and oxygen atoms in total. The summed E-state index contributed by atoms with van der Waals surface area (Å²) in [6, 6.07) is 19.8. The quantitative estimate of drug-likeness (QED) is 0.648. The largest absolute Gasteiger partial charge is 0.315 e. The van der Waals surface area contributed by atoms with Gasteiger partial charge in [-0.1, -0.05) is 48.2 Å². The van der Waals surface area contributed by atoms with Gasteiger partial charge in [-0.15, -0.1) is 0 Å². The second-order valence-corrected chi connectivity index (χ2v) is 7.15. The first-order chi connectivity index (χ1) is 11.6. The molecule has 1 atom stereocenters. The van der Waals surface area contributed by atoms with Crippen molar-refractivity contribution in [3.8, 4) is 0 Å². The Kier molecular flexibility index (Phi) is 4.86. The molecule has 0 aliphatic rings. The first-order valence-corrected chi connectivity index (χ1v) is 8.80. The molecule has 0 spiro atoms. The number of hydrogen-bond donors (Lipinski definition) is 0. The van der Waals surface area contributed by atoms with Gasteiger partial charge >= 0.3 is 0 Å². The standard InChI is InChI=1S/C20H20N2OS/c1-14-13-19(21-18-12-8-7-11-17(14)18)24-15(2)20(23)22(3)16-9-5-4-6-10-16/h4-13,15H,1-3H3/t15-/m0/s1. The molecule has 0 unspecified atom stereocenters. The minimum absolute atomic E-state index is 0.0683. The Morgan fingerprint density at radius 2 is 1.75 bits per heavy atom. The number of carbonyl (C=O) groups excluding carboxylic acids is 1. The van der Waals surface area contributed by atoms with Gasteiger partial charge in [0.2, 0.25) is 5.91 Å². The first kappa shape index (κ1) is 16.5. The van der Waals surface area contributed by atoms with Crippen molar-refractivity contribution < 1.29 is 4.79 Å². The van der Waals surface area contributed by atoms with Gasteiger partial charge in [-0.2, -0.15) is 0 Å². The lowest BCUT2D eigenvalue weighted by Gasteiger charge is -2.21. The number of hydrogen-bond acceptors (Lipinski definition) is 3. The lowest BCUT2D eigenvalue weighted by molar-refractivity contribution is -0.117. The van der Waals surface area contributed by atoms with E-state index in [1.807, 2.05) is 62.5 Å². The Morgan fingerprint density at radius 3 is 2.50 bits per heavy atom. The van der Waals surface area contributed by atoms with Crippen LogP contribution in [0.2, 0.25) is 0 Å². The van der Waals surface area contributed by atoms with Crippen molar-refractivity contribution in [2.45, 2.75) is 24.1 Å². The van der Waals surface area contributed by atoms with E-state index in [-0.39, 0.29) is 11.2 Å². The van der Waals surface area contributed by atoms with E-state index in [0.29, 0.717) is 0 Å². The van der Waals surface area contributed by atoms with E-state index in [2.05, 4.69) is 24.0 Å². The minimum atomic E-state index is -0.205. The highest BCUT2D eigenvalue weighted by atomic mass is 32.2. The molecule has 1 amide bonds. The van der Waals surface area contributed by atoms with Gasteiger partial charge in [-0.3, -0.25) is 4.79 Å². The third-order valence-corrected chi connectivity index (χ3v) is 5.02. The number of aromatic nitrogens is 1. The summed E-state index contributed by atoms with van der Waals surface area (Å²) in [6.45, 7) is 4.01. The molecule has 0 bridgehead atoms. The van der Waals surface area contributed by atoms with E-state index in [1.54, 1.807) is 4.90 Å². The van der Waals surface area contributed by atoms with Gasteiger partial charge in [0.15, 0.2) is 0 Å². The predicted molar refractivity (Wildman–Crippen MR) is 102 cm³/mol. The Labute approximate surface area is 146 Å². The summed E-state index contributed by atoms with van der Waals surface area (Å²) in [5, 5.41) is 1.83. The summed E-state index contributed by atoms with van der Waals surface area (Å²) in [7, 11) is 1.81. The van der Waals surface area contributed by atoms with E-state index < -0.39 is 0 Å². The molecule has 0 saturated heterocycles. The van der Waals surface area contributed by atoms with Crippen molar-refractivity contribution in [1.82, 2.24) is 4.98 Å². The minimum Gasteiger partial charge on any atom is -0.315 e. The Morgan fingerprint density at radius 1 is 1.08 bits per heavy atom. The molecule has 0 N–H and O–H groups in total. The summed E-state index contributed by atoms with van der Waals surface area (Å²) >= 11 is 1.50. The fourth-order valence-corrected chi connectivity index (χ4v) is 3.68. The maximum absolute atomic E-state index is 12.7. The fraction of sp³-hybridized carbons (Fsp3) is 0.200. The van der Waals surface area contributed by atoms with E-state index in [4.69, 9.17) is 0 Å². The maximum atomic E-state index is 12.7. The van der Waals surface area contributed by atoms with Crippen LogP contribution in [-0.2, 0) is 4.79 Å². The molecule has 0 aliphatic carbocycles. The number of aryl methyl sites for hydroxylation is 1. The van der Waals surface area contributed by atoms with E-state index >= 15 is 0 Å². The molecule has 1 heterocycles. The summed E-state index contributed by atoms with van der Waals surface area (Å²) in [6.07, 6.45) is 0. The lowest BCUT2D eigenvalue weighted by atomic mass is 10.1. The van der Waals surface area contributed by atoms with Crippen molar-refractivity contribution in [2.75, 3.05) is 11.9 Å². The molecule has 0 radical (unpaired) electrons. The number of fused-ring (bicyclic) bond motifs is 1. The number of carbonyl (C=O) groups is 1. The van der Waals surface area contributed by atoms with Gasteiger partial charge < -0.3 is 4.90 Å². The lowest BCUT2D eigenvalue weighted by Crippen LogP contribution is -2.33. The monoisotopic (exact) mass is 336 g/mol. The van der Waals surface area contributed by atoms with E-state index in [9.17, 15) is 4.79 Å². The van der Waals surface area contributed by atoms with Crippen molar-refractivity contribution in [2.24, 2.45) is 0 Å². The Hall–Kier alpha value is -2.33. The molecule has 2 aromatic carbocycles. The van der Waals surface area contributed by atoms with Gasteiger partial charge in [0.25, 0.3) is 0 Å². The molecule has 3 rings (SSSR count). The Balaban J connectivity index is 1.79. The van der Waals surface area contributed by atoms with Crippen LogP contribution >= 0.6 is 11.8 Å². The molecule has 0 saturated carbocycles. The smallest absolute Gasteiger partial charge is 0.239 e. The molecular weight excluding hydrogens is 316 g/mol. The highest BCUT2D eigenvalue weighted by Gasteiger charge is 2.20. The average Bonchev–Trinajstić information content (AvgIpc) is 2.61. The third-order valence-electron chi connectivity index (χ3n) is 4.02. The predicted octanol–water partition coefficient (Wildman–Crippen LogP) is 4.69. The number of pyridine rings is 1. The van der Waals surface area contributed by atoms with Gasteiger partial charge in [-0.25, -0.2) is 4.98 Å². The number of amides is 1. The molecule has 0 fully saturated rings. The highest BCUT2D eigenvalue weighted by molar-refractivity contribution is 8.00. The first-order valence-electron chi connectivity index (χ1n) is 7.92. The van der Waals surface area contributed by atoms with Gasteiger partial charge in [0.05, 0.1) is 15.8 Å². The zero-order chi connectivity index (χ0) is 17.1. The number of benzene rings is 2. The summed E-state index contributed by atoms with van der Waals surface area (Å²) < 4.78 is 0. The van der Waals surface area contributed by atoms with Gasteiger partial charge in [0, 0.05) is 18.1 Å². The highest BCUT2D eigenvalue weighted by Crippen LogP contribution is 2.28. The number of thioether (sulfide) groups is 1. The zero-order valence-corrected chi connectivity index (χ0v) is 14.9. The molecular formula is C20H20N2OS. The van der Waals surface area contributed by atoms with Crippen molar-refractivity contribution in [3.05, 3.63) is 66.2 Å². The normalized spacial score (nSPS) is 12.1. The third kappa shape index (κ3) is 3.44. The second-order valence-electron chi connectivity index (χ2n) is 5.79. The van der Waals surface area contributed by atoms with Crippen molar-refractivity contribution in [1.29, 1.82) is 0 Å². The van der Waals surface area contributed by atoms with Crippen molar-refractivity contribution in [3.63, 3.8) is 0 Å². The second kappa shape index (κ2) is 7.05. The molecule has 122 valence electrons. The SMILES string of the molecule is Cc1cc(S[C@@H](C)C(=O)N(C)c2ccccc2)nc2ccccc12. The molecule has 3 aromatic rings. The van der Waals surface area contributed by atoms with Crippen LogP contribution in [0.4, 0.5) is 5.69 Å². The van der Waals surface area contributed by atoms with Crippen molar-refractivity contribution >= 4 is 34.3 Å². The Bertz CT molecular complexity index is 864. The van der Waals surface area contributed by atoms with Crippen LogP contribution in [0.25, 0.3) is 10.9 Å². The molecule has 0 aliphatic heterocycles. The number of anilines is 1. The van der Waals surface area contributed by atoms with Crippen LogP contribution in [0.5, 0.6) is 0 Å². The molecule has 1 aromatic heterocycles.